The van der Waals surface area contributed by atoms with Crippen molar-refractivity contribution in [3.8, 4) is 12.3 Å². The first-order valence-corrected chi connectivity index (χ1v) is 4.53. The Balaban J connectivity index is 2.36. The molecule has 0 N–H and O–H groups in total. The van der Waals surface area contributed by atoms with Crippen LogP contribution in [-0.2, 0) is 4.79 Å². The maximum Gasteiger partial charge on any atom is 0.298 e. The molecule has 0 aromatic rings. The second-order valence-corrected chi connectivity index (χ2v) is 3.34. The van der Waals surface area contributed by atoms with Crippen LogP contribution in [0.25, 0.3) is 0 Å². The van der Waals surface area contributed by atoms with E-state index in [9.17, 15) is 4.79 Å². The lowest BCUT2D eigenvalue weighted by atomic mass is 10.0. The smallest absolute Gasteiger partial charge is 0.298 e. The Hall–Kier alpha value is -0.970. The quantitative estimate of drug-likeness (QED) is 0.564. The van der Waals surface area contributed by atoms with Gasteiger partial charge in [0.25, 0.3) is 5.91 Å². The standard InChI is InChI=1S/C10H15NO/c1-3-5-9-6-7-11(8-9)10(12)4-2/h2,9H,3,5-8H2,1H3. The normalized spacial score (nSPS) is 22.3. The van der Waals surface area contributed by atoms with E-state index in [4.69, 9.17) is 6.42 Å². The van der Waals surface area contributed by atoms with E-state index in [0.717, 1.165) is 19.5 Å². The van der Waals surface area contributed by atoms with Gasteiger partial charge >= 0.3 is 0 Å². The van der Waals surface area contributed by atoms with E-state index in [2.05, 4.69) is 12.8 Å². The first-order valence-electron chi connectivity index (χ1n) is 4.53. The van der Waals surface area contributed by atoms with Gasteiger partial charge in [0.1, 0.15) is 0 Å². The molecule has 1 aliphatic heterocycles. The van der Waals surface area contributed by atoms with Gasteiger partial charge in [0, 0.05) is 13.1 Å². The number of amides is 1. The zero-order valence-corrected chi connectivity index (χ0v) is 7.55. The van der Waals surface area contributed by atoms with Gasteiger partial charge in [-0.1, -0.05) is 13.3 Å². The lowest BCUT2D eigenvalue weighted by molar-refractivity contribution is -0.124. The molecule has 1 atom stereocenters. The average molecular weight is 165 g/mol. The van der Waals surface area contributed by atoms with Crippen LogP contribution in [-0.4, -0.2) is 23.9 Å². The molecule has 0 radical (unpaired) electrons. The lowest BCUT2D eigenvalue weighted by Gasteiger charge is -2.12. The Labute approximate surface area is 73.9 Å². The third kappa shape index (κ3) is 2.01. The van der Waals surface area contributed by atoms with E-state index < -0.39 is 0 Å². The fraction of sp³-hybridized carbons (Fsp3) is 0.700. The van der Waals surface area contributed by atoms with E-state index in [0.29, 0.717) is 5.92 Å². The predicted molar refractivity (Wildman–Crippen MR) is 48.4 cm³/mol. The van der Waals surface area contributed by atoms with Gasteiger partial charge in [0.2, 0.25) is 0 Å². The minimum absolute atomic E-state index is 0.145. The highest BCUT2D eigenvalue weighted by Crippen LogP contribution is 2.20. The van der Waals surface area contributed by atoms with Crippen molar-refractivity contribution in [2.45, 2.75) is 26.2 Å². The number of carbonyl (C=O) groups is 1. The van der Waals surface area contributed by atoms with Crippen molar-refractivity contribution >= 4 is 5.91 Å². The van der Waals surface area contributed by atoms with Gasteiger partial charge < -0.3 is 4.90 Å². The number of carbonyl (C=O) groups excluding carboxylic acids is 1. The molecular formula is C10H15NO. The van der Waals surface area contributed by atoms with Crippen LogP contribution >= 0.6 is 0 Å². The summed E-state index contributed by atoms with van der Waals surface area (Å²) < 4.78 is 0. The van der Waals surface area contributed by atoms with E-state index in [1.807, 2.05) is 0 Å². The van der Waals surface area contributed by atoms with Gasteiger partial charge in [0.05, 0.1) is 0 Å². The number of terminal acetylenes is 1. The van der Waals surface area contributed by atoms with Crippen molar-refractivity contribution in [2.24, 2.45) is 5.92 Å². The number of likely N-dealkylation sites (tertiary alicyclic amines) is 1. The summed E-state index contributed by atoms with van der Waals surface area (Å²) in [5, 5.41) is 0. The summed E-state index contributed by atoms with van der Waals surface area (Å²) in [6.07, 6.45) is 8.57. The third-order valence-corrected chi connectivity index (χ3v) is 2.39. The Bertz CT molecular complexity index is 204. The van der Waals surface area contributed by atoms with Gasteiger partial charge in [-0.05, 0) is 24.7 Å². The molecule has 1 fully saturated rings. The molecule has 0 aromatic heterocycles. The number of rotatable bonds is 2. The molecule has 1 amide bonds. The summed E-state index contributed by atoms with van der Waals surface area (Å²) in [4.78, 5) is 12.8. The topological polar surface area (TPSA) is 20.3 Å². The molecule has 1 rings (SSSR count). The van der Waals surface area contributed by atoms with Crippen LogP contribution in [0.15, 0.2) is 0 Å². The summed E-state index contributed by atoms with van der Waals surface area (Å²) in [7, 11) is 0. The largest absolute Gasteiger partial charge is 0.332 e. The zero-order chi connectivity index (χ0) is 8.97. The molecule has 1 heterocycles. The minimum Gasteiger partial charge on any atom is -0.332 e. The van der Waals surface area contributed by atoms with Gasteiger partial charge in [-0.3, -0.25) is 4.79 Å². The number of hydrogen-bond acceptors (Lipinski definition) is 1. The van der Waals surface area contributed by atoms with E-state index in [1.165, 1.54) is 12.8 Å². The van der Waals surface area contributed by atoms with Gasteiger partial charge in [-0.2, -0.15) is 0 Å². The van der Waals surface area contributed by atoms with Crippen molar-refractivity contribution in [1.29, 1.82) is 0 Å². The molecule has 1 unspecified atom stereocenters. The Morgan fingerprint density at radius 2 is 2.50 bits per heavy atom. The van der Waals surface area contributed by atoms with Crippen molar-refractivity contribution in [3.63, 3.8) is 0 Å². The van der Waals surface area contributed by atoms with Gasteiger partial charge in [-0.25, -0.2) is 0 Å². The highest BCUT2D eigenvalue weighted by molar-refractivity contribution is 5.93. The van der Waals surface area contributed by atoms with Crippen molar-refractivity contribution in [1.82, 2.24) is 4.90 Å². The molecule has 0 saturated carbocycles. The van der Waals surface area contributed by atoms with Crippen LogP contribution < -0.4 is 0 Å². The molecule has 12 heavy (non-hydrogen) atoms. The second-order valence-electron chi connectivity index (χ2n) is 3.34. The zero-order valence-electron chi connectivity index (χ0n) is 7.55. The van der Waals surface area contributed by atoms with E-state index in [1.54, 1.807) is 4.90 Å². The average Bonchev–Trinajstić information content (AvgIpc) is 2.52. The SMILES string of the molecule is C#CC(=O)N1CCC(CCC)C1. The van der Waals surface area contributed by atoms with Crippen molar-refractivity contribution in [2.75, 3.05) is 13.1 Å². The molecule has 1 saturated heterocycles. The Morgan fingerprint density at radius 1 is 1.75 bits per heavy atom. The highest BCUT2D eigenvalue weighted by atomic mass is 16.2. The van der Waals surface area contributed by atoms with Crippen LogP contribution in [0.1, 0.15) is 26.2 Å². The summed E-state index contributed by atoms with van der Waals surface area (Å²) in [6.45, 7) is 3.90. The Morgan fingerprint density at radius 3 is 3.08 bits per heavy atom. The van der Waals surface area contributed by atoms with E-state index in [-0.39, 0.29) is 5.91 Å². The van der Waals surface area contributed by atoms with Crippen molar-refractivity contribution < 1.29 is 4.79 Å². The van der Waals surface area contributed by atoms with Gasteiger partial charge in [-0.15, -0.1) is 6.42 Å². The van der Waals surface area contributed by atoms with Crippen LogP contribution in [0, 0.1) is 18.3 Å². The molecule has 2 nitrogen and oxygen atoms in total. The highest BCUT2D eigenvalue weighted by Gasteiger charge is 2.23. The summed E-state index contributed by atoms with van der Waals surface area (Å²) in [5.74, 6) is 2.70. The van der Waals surface area contributed by atoms with Crippen molar-refractivity contribution in [3.05, 3.63) is 0 Å². The third-order valence-electron chi connectivity index (χ3n) is 2.39. The fourth-order valence-corrected chi connectivity index (χ4v) is 1.75. The van der Waals surface area contributed by atoms with Crippen LogP contribution in [0.3, 0.4) is 0 Å². The number of hydrogen-bond donors (Lipinski definition) is 0. The van der Waals surface area contributed by atoms with Gasteiger partial charge in [0.15, 0.2) is 0 Å². The molecule has 0 bridgehead atoms. The molecule has 2 heteroatoms. The van der Waals surface area contributed by atoms with Crippen LogP contribution in [0.4, 0.5) is 0 Å². The predicted octanol–water partition coefficient (Wildman–Crippen LogP) is 1.27. The fourth-order valence-electron chi connectivity index (χ4n) is 1.75. The molecule has 0 spiro atoms. The Kier molecular flexibility index (Phi) is 3.16. The summed E-state index contributed by atoms with van der Waals surface area (Å²) >= 11 is 0. The summed E-state index contributed by atoms with van der Waals surface area (Å²) in [5.41, 5.74) is 0. The second kappa shape index (κ2) is 4.15. The van der Waals surface area contributed by atoms with Crippen LogP contribution in [0.5, 0.6) is 0 Å². The molecule has 66 valence electrons. The molecule has 0 aromatic carbocycles. The minimum atomic E-state index is -0.145. The molecule has 1 aliphatic rings. The maximum atomic E-state index is 11.1. The van der Waals surface area contributed by atoms with E-state index >= 15 is 0 Å². The maximum absolute atomic E-state index is 11.1. The molecular weight excluding hydrogens is 150 g/mol. The molecule has 0 aliphatic carbocycles. The first-order chi connectivity index (χ1) is 5.77. The lowest BCUT2D eigenvalue weighted by Crippen LogP contribution is -2.26. The van der Waals surface area contributed by atoms with Crippen LogP contribution in [0.2, 0.25) is 0 Å². The number of nitrogens with zero attached hydrogens (tertiary/aromatic N) is 1. The summed E-state index contributed by atoms with van der Waals surface area (Å²) in [6, 6.07) is 0. The monoisotopic (exact) mass is 165 g/mol. The first kappa shape index (κ1) is 9.12.